The summed E-state index contributed by atoms with van der Waals surface area (Å²) in [6.45, 7) is 7.88. The molecule has 2 aromatic heterocycles. The average molecular weight is 265 g/mol. The van der Waals surface area contributed by atoms with Gasteiger partial charge < -0.3 is 10.4 Å². The van der Waals surface area contributed by atoms with Crippen LogP contribution in [0.2, 0.25) is 0 Å². The first-order valence-corrected chi connectivity index (χ1v) is 6.37. The Morgan fingerprint density at radius 2 is 2.06 bits per heavy atom. The van der Waals surface area contributed by atoms with Crippen molar-refractivity contribution >= 4 is 33.3 Å². The van der Waals surface area contributed by atoms with Crippen LogP contribution in [0, 0.1) is 6.92 Å². The predicted octanol–water partition coefficient (Wildman–Crippen LogP) is 2.91. The summed E-state index contributed by atoms with van der Waals surface area (Å²) >= 11 is 1.18. The summed E-state index contributed by atoms with van der Waals surface area (Å²) in [5.41, 5.74) is 0.578. The lowest BCUT2D eigenvalue weighted by molar-refractivity contribution is 0.0701. The number of anilines is 1. The number of aryl methyl sites for hydroxylation is 1. The van der Waals surface area contributed by atoms with Crippen molar-refractivity contribution in [2.75, 3.05) is 5.32 Å². The first-order chi connectivity index (χ1) is 8.29. The molecular formula is C12H15N3O2S. The van der Waals surface area contributed by atoms with Crippen molar-refractivity contribution in [3.05, 3.63) is 16.8 Å². The van der Waals surface area contributed by atoms with Crippen LogP contribution < -0.4 is 5.32 Å². The van der Waals surface area contributed by atoms with Gasteiger partial charge in [-0.05, 0) is 33.3 Å². The number of nitrogens with one attached hydrogen (secondary N) is 1. The Kier molecular flexibility index (Phi) is 2.98. The molecule has 0 saturated heterocycles. The highest BCUT2D eigenvalue weighted by molar-refractivity contribution is 7.20. The SMILES string of the molecule is Cc1c(C(=O)O)sc2ncnc(NC(C)(C)C)c12. The van der Waals surface area contributed by atoms with Gasteiger partial charge in [0.25, 0.3) is 0 Å². The van der Waals surface area contributed by atoms with E-state index in [4.69, 9.17) is 5.11 Å². The lowest BCUT2D eigenvalue weighted by Crippen LogP contribution is -2.26. The van der Waals surface area contributed by atoms with Crippen LogP contribution in [0.3, 0.4) is 0 Å². The third-order valence-corrected chi connectivity index (χ3v) is 3.60. The molecule has 5 nitrogen and oxygen atoms in total. The molecule has 18 heavy (non-hydrogen) atoms. The van der Waals surface area contributed by atoms with Crippen molar-refractivity contribution in [1.29, 1.82) is 0 Å². The molecule has 2 rings (SSSR count). The zero-order valence-electron chi connectivity index (χ0n) is 10.7. The van der Waals surface area contributed by atoms with Crippen LogP contribution in [-0.4, -0.2) is 26.6 Å². The predicted molar refractivity (Wildman–Crippen MR) is 72.5 cm³/mol. The zero-order valence-corrected chi connectivity index (χ0v) is 11.6. The van der Waals surface area contributed by atoms with E-state index in [1.54, 1.807) is 6.92 Å². The van der Waals surface area contributed by atoms with Crippen molar-refractivity contribution in [1.82, 2.24) is 9.97 Å². The third-order valence-electron chi connectivity index (χ3n) is 2.41. The lowest BCUT2D eigenvalue weighted by atomic mass is 10.1. The molecule has 2 aromatic rings. The smallest absolute Gasteiger partial charge is 0.346 e. The molecule has 0 aliphatic rings. The van der Waals surface area contributed by atoms with Gasteiger partial charge in [0, 0.05) is 5.54 Å². The van der Waals surface area contributed by atoms with E-state index in [-0.39, 0.29) is 5.54 Å². The Balaban J connectivity index is 2.65. The topological polar surface area (TPSA) is 75.1 Å². The standard InChI is InChI=1S/C12H15N3O2S/c1-6-7-9(15-12(2,3)4)13-5-14-10(7)18-8(6)11(16)17/h5H,1-4H3,(H,16,17)(H,13,14,15). The van der Waals surface area contributed by atoms with Crippen LogP contribution in [0.15, 0.2) is 6.33 Å². The number of carboxylic acids is 1. The van der Waals surface area contributed by atoms with E-state index in [1.165, 1.54) is 17.7 Å². The number of thiophene rings is 1. The summed E-state index contributed by atoms with van der Waals surface area (Å²) in [6, 6.07) is 0. The van der Waals surface area contributed by atoms with Crippen LogP contribution >= 0.6 is 11.3 Å². The Bertz CT molecular complexity index is 614. The molecule has 0 aliphatic heterocycles. The minimum absolute atomic E-state index is 0.140. The minimum atomic E-state index is -0.919. The normalized spacial score (nSPS) is 11.8. The van der Waals surface area contributed by atoms with Crippen molar-refractivity contribution < 1.29 is 9.90 Å². The van der Waals surface area contributed by atoms with E-state index in [1.807, 2.05) is 20.8 Å². The minimum Gasteiger partial charge on any atom is -0.477 e. The fourth-order valence-corrected chi connectivity index (χ4v) is 2.71. The van der Waals surface area contributed by atoms with Gasteiger partial charge in [0.15, 0.2) is 0 Å². The Morgan fingerprint density at radius 3 is 2.61 bits per heavy atom. The van der Waals surface area contributed by atoms with E-state index in [0.29, 0.717) is 15.5 Å². The summed E-state index contributed by atoms with van der Waals surface area (Å²) in [5.74, 6) is -0.231. The fourth-order valence-electron chi connectivity index (χ4n) is 1.73. The number of fused-ring (bicyclic) bond motifs is 1. The molecule has 0 amide bonds. The van der Waals surface area contributed by atoms with E-state index < -0.39 is 5.97 Å². The van der Waals surface area contributed by atoms with Crippen molar-refractivity contribution in [3.8, 4) is 0 Å². The largest absolute Gasteiger partial charge is 0.477 e. The van der Waals surface area contributed by atoms with Crippen molar-refractivity contribution in [3.63, 3.8) is 0 Å². The first-order valence-electron chi connectivity index (χ1n) is 5.55. The molecule has 0 unspecified atom stereocenters. The summed E-state index contributed by atoms with van der Waals surface area (Å²) < 4.78 is 0. The maximum Gasteiger partial charge on any atom is 0.346 e. The number of rotatable bonds is 2. The lowest BCUT2D eigenvalue weighted by Gasteiger charge is -2.21. The molecule has 0 aromatic carbocycles. The van der Waals surface area contributed by atoms with Crippen LogP contribution in [0.5, 0.6) is 0 Å². The number of carbonyl (C=O) groups is 1. The van der Waals surface area contributed by atoms with Gasteiger partial charge in [-0.25, -0.2) is 14.8 Å². The summed E-state index contributed by atoms with van der Waals surface area (Å²) in [4.78, 5) is 20.5. The number of nitrogens with zero attached hydrogens (tertiary/aromatic N) is 2. The fraction of sp³-hybridized carbons (Fsp3) is 0.417. The Morgan fingerprint density at radius 1 is 1.39 bits per heavy atom. The highest BCUT2D eigenvalue weighted by Gasteiger charge is 2.20. The van der Waals surface area contributed by atoms with E-state index in [9.17, 15) is 4.79 Å². The van der Waals surface area contributed by atoms with Crippen LogP contribution in [0.25, 0.3) is 10.2 Å². The second kappa shape index (κ2) is 4.20. The molecule has 2 N–H and O–H groups in total. The van der Waals surface area contributed by atoms with E-state index >= 15 is 0 Å². The molecule has 96 valence electrons. The number of hydrogen-bond donors (Lipinski definition) is 2. The van der Waals surface area contributed by atoms with Gasteiger partial charge in [-0.1, -0.05) is 0 Å². The molecule has 2 heterocycles. The molecule has 0 fully saturated rings. The maximum absolute atomic E-state index is 11.1. The first kappa shape index (κ1) is 12.8. The van der Waals surface area contributed by atoms with Gasteiger partial charge in [0.05, 0.1) is 5.39 Å². The Hall–Kier alpha value is -1.69. The highest BCUT2D eigenvalue weighted by Crippen LogP contribution is 2.34. The van der Waals surface area contributed by atoms with Crippen LogP contribution in [0.1, 0.15) is 36.0 Å². The van der Waals surface area contributed by atoms with Crippen LogP contribution in [0.4, 0.5) is 5.82 Å². The summed E-state index contributed by atoms with van der Waals surface area (Å²) in [6.07, 6.45) is 1.46. The number of hydrogen-bond acceptors (Lipinski definition) is 5. The van der Waals surface area contributed by atoms with Gasteiger partial charge in [-0.2, -0.15) is 0 Å². The quantitative estimate of drug-likeness (QED) is 0.873. The van der Waals surface area contributed by atoms with E-state index in [2.05, 4.69) is 15.3 Å². The molecule has 0 atom stereocenters. The van der Waals surface area contributed by atoms with Crippen molar-refractivity contribution in [2.24, 2.45) is 0 Å². The number of carboxylic acid groups (broad SMARTS) is 1. The molecule has 0 spiro atoms. The Labute approximate surface area is 109 Å². The van der Waals surface area contributed by atoms with Gasteiger partial charge >= 0.3 is 5.97 Å². The molecule has 0 aliphatic carbocycles. The van der Waals surface area contributed by atoms with Gasteiger partial charge in [-0.15, -0.1) is 11.3 Å². The van der Waals surface area contributed by atoms with Gasteiger partial charge in [-0.3, -0.25) is 0 Å². The summed E-state index contributed by atoms with van der Waals surface area (Å²) in [7, 11) is 0. The van der Waals surface area contributed by atoms with Crippen LogP contribution in [-0.2, 0) is 0 Å². The molecule has 6 heteroatoms. The molecule has 0 saturated carbocycles. The zero-order chi connectivity index (χ0) is 13.5. The molecular weight excluding hydrogens is 250 g/mol. The van der Waals surface area contributed by atoms with Gasteiger partial charge in [0.2, 0.25) is 0 Å². The second-order valence-corrected chi connectivity index (χ2v) is 6.14. The average Bonchev–Trinajstić information content (AvgIpc) is 2.55. The monoisotopic (exact) mass is 265 g/mol. The molecule has 0 bridgehead atoms. The number of aromatic nitrogens is 2. The summed E-state index contributed by atoms with van der Waals surface area (Å²) in [5, 5.41) is 13.2. The maximum atomic E-state index is 11.1. The van der Waals surface area contributed by atoms with E-state index in [0.717, 1.165) is 10.9 Å². The van der Waals surface area contributed by atoms with Gasteiger partial charge in [0.1, 0.15) is 21.9 Å². The number of aromatic carboxylic acids is 1. The molecule has 0 radical (unpaired) electrons. The van der Waals surface area contributed by atoms with Crippen molar-refractivity contribution in [2.45, 2.75) is 33.2 Å². The third kappa shape index (κ3) is 2.28. The highest BCUT2D eigenvalue weighted by atomic mass is 32.1. The second-order valence-electron chi connectivity index (χ2n) is 5.14.